The van der Waals surface area contributed by atoms with Crippen molar-refractivity contribution >= 4 is 26.0 Å². The van der Waals surface area contributed by atoms with Crippen LogP contribution in [0.25, 0.3) is 0 Å². The number of sulfonamides is 1. The summed E-state index contributed by atoms with van der Waals surface area (Å²) in [5, 5.41) is 0.943. The van der Waals surface area contributed by atoms with Crippen LogP contribution in [0.15, 0.2) is 0 Å². The molecule has 6 heteroatoms. The molecule has 1 aliphatic rings. The third-order valence-corrected chi connectivity index (χ3v) is 6.01. The van der Waals surface area contributed by atoms with E-state index in [0.29, 0.717) is 13.1 Å². The van der Waals surface area contributed by atoms with Gasteiger partial charge in [-0.2, -0.15) is 0 Å². The summed E-state index contributed by atoms with van der Waals surface area (Å²) in [5.41, 5.74) is 0. The number of rotatable bonds is 3. The Kier molecular flexibility index (Phi) is 5.43. The topological polar surface area (TPSA) is 40.6 Å². The molecule has 1 rings (SSSR count). The normalized spacial score (nSPS) is 21.4. The van der Waals surface area contributed by atoms with E-state index in [1.807, 2.05) is 0 Å². The third kappa shape index (κ3) is 3.91. The molecule has 0 amide bonds. The number of hydrogen-bond donors (Lipinski definition) is 0. The highest BCUT2D eigenvalue weighted by molar-refractivity contribution is 9.09. The van der Waals surface area contributed by atoms with Crippen LogP contribution in [-0.2, 0) is 10.0 Å². The lowest BCUT2D eigenvalue weighted by molar-refractivity contribution is 0.304. The van der Waals surface area contributed by atoms with Gasteiger partial charge >= 0.3 is 0 Å². The summed E-state index contributed by atoms with van der Waals surface area (Å²) < 4.78 is 25.6. The zero-order valence-corrected chi connectivity index (χ0v) is 13.3. The second-order valence-corrected chi connectivity index (χ2v) is 8.88. The fraction of sp³-hybridized carbons (Fsp3) is 1.00. The van der Waals surface area contributed by atoms with Gasteiger partial charge in [0.1, 0.15) is 0 Å². The van der Waals surface area contributed by atoms with Crippen molar-refractivity contribution in [3.63, 3.8) is 0 Å². The molecule has 0 aromatic carbocycles. The average molecular weight is 327 g/mol. The number of halogens is 1. The van der Waals surface area contributed by atoms with Crippen LogP contribution in [0.1, 0.15) is 27.2 Å². The molecule has 0 radical (unpaired) electrons. The van der Waals surface area contributed by atoms with Crippen LogP contribution in [0.2, 0.25) is 0 Å². The number of nitrogens with zero attached hydrogens (tertiary/aromatic N) is 2. The van der Waals surface area contributed by atoms with Crippen LogP contribution in [0.5, 0.6) is 0 Å². The van der Waals surface area contributed by atoms with Gasteiger partial charge in [0.05, 0.1) is 4.75 Å². The Hall–Kier alpha value is 0.350. The second kappa shape index (κ2) is 5.99. The highest BCUT2D eigenvalue weighted by Gasteiger charge is 2.35. The van der Waals surface area contributed by atoms with Crippen molar-refractivity contribution in [2.45, 2.75) is 31.9 Å². The van der Waals surface area contributed by atoms with Gasteiger partial charge in [0.15, 0.2) is 0 Å². The maximum absolute atomic E-state index is 12.3. The number of hydrogen-bond acceptors (Lipinski definition) is 3. The van der Waals surface area contributed by atoms with E-state index in [4.69, 9.17) is 0 Å². The largest absolute Gasteiger partial charge is 0.301 e. The Morgan fingerprint density at radius 1 is 1.12 bits per heavy atom. The zero-order valence-electron chi connectivity index (χ0n) is 10.9. The van der Waals surface area contributed by atoms with Gasteiger partial charge in [0, 0.05) is 31.5 Å². The summed E-state index contributed by atoms with van der Waals surface area (Å²) in [6.07, 6.45) is 0.919. The predicted molar refractivity (Wildman–Crippen MR) is 75.1 cm³/mol. The lowest BCUT2D eigenvalue weighted by Crippen LogP contribution is -2.44. The lowest BCUT2D eigenvalue weighted by Gasteiger charge is -2.29. The van der Waals surface area contributed by atoms with Crippen molar-refractivity contribution in [2.24, 2.45) is 0 Å². The molecule has 1 saturated heterocycles. The van der Waals surface area contributed by atoms with Gasteiger partial charge in [-0.15, -0.1) is 0 Å². The molecular weight excluding hydrogens is 304 g/mol. The van der Waals surface area contributed by atoms with Gasteiger partial charge in [0.25, 0.3) is 0 Å². The molecule has 0 aliphatic carbocycles. The Morgan fingerprint density at radius 3 is 2.29 bits per heavy atom. The summed E-state index contributed by atoms with van der Waals surface area (Å²) >= 11 is 3.42. The molecule has 0 saturated carbocycles. The Bertz CT molecular complexity index is 338. The van der Waals surface area contributed by atoms with E-state index in [1.165, 1.54) is 0 Å². The molecule has 1 heterocycles. The Morgan fingerprint density at radius 2 is 1.76 bits per heavy atom. The maximum Gasteiger partial charge on any atom is 0.219 e. The van der Waals surface area contributed by atoms with Crippen LogP contribution in [0.3, 0.4) is 0 Å². The quantitative estimate of drug-likeness (QED) is 0.738. The summed E-state index contributed by atoms with van der Waals surface area (Å²) in [4.78, 5) is 2.31. The Balaban J connectivity index is 2.69. The van der Waals surface area contributed by atoms with Crippen LogP contribution in [0, 0.1) is 0 Å². The summed E-state index contributed by atoms with van der Waals surface area (Å²) in [7, 11) is -3.17. The smallest absolute Gasteiger partial charge is 0.219 e. The highest BCUT2D eigenvalue weighted by atomic mass is 79.9. The first kappa shape index (κ1) is 15.4. The van der Waals surface area contributed by atoms with Crippen molar-refractivity contribution in [3.8, 4) is 0 Å². The van der Waals surface area contributed by atoms with Crippen LogP contribution < -0.4 is 0 Å². The van der Waals surface area contributed by atoms with Crippen LogP contribution >= 0.6 is 15.9 Å². The van der Waals surface area contributed by atoms with E-state index in [2.05, 4.69) is 20.8 Å². The standard InChI is InChI=1S/C11H23BrN2O2S/c1-11(2,3)17(15,16)14-7-4-6-13(8-5-12)9-10-14/h4-10H2,1-3H3. The molecule has 0 aromatic heterocycles. The van der Waals surface area contributed by atoms with Gasteiger partial charge in [-0.05, 0) is 33.7 Å². The second-order valence-electron chi connectivity index (χ2n) is 5.40. The van der Waals surface area contributed by atoms with Crippen LogP contribution in [-0.4, -0.2) is 60.4 Å². The lowest BCUT2D eigenvalue weighted by atomic mass is 10.3. The average Bonchev–Trinajstić information content (AvgIpc) is 2.42. The minimum atomic E-state index is -3.17. The van der Waals surface area contributed by atoms with Gasteiger partial charge in [-0.3, -0.25) is 0 Å². The number of alkyl halides is 1. The first-order chi connectivity index (χ1) is 7.79. The molecule has 0 spiro atoms. The van der Waals surface area contributed by atoms with Gasteiger partial charge < -0.3 is 4.90 Å². The van der Waals surface area contributed by atoms with Crippen molar-refractivity contribution in [1.29, 1.82) is 0 Å². The molecule has 0 unspecified atom stereocenters. The molecule has 1 aliphatic heterocycles. The molecule has 4 nitrogen and oxygen atoms in total. The van der Waals surface area contributed by atoms with E-state index in [0.717, 1.165) is 31.4 Å². The Labute approximate surface area is 114 Å². The molecule has 102 valence electrons. The third-order valence-electron chi connectivity index (χ3n) is 3.06. The molecule has 17 heavy (non-hydrogen) atoms. The molecule has 1 fully saturated rings. The van der Waals surface area contributed by atoms with E-state index in [-0.39, 0.29) is 0 Å². The minimum Gasteiger partial charge on any atom is -0.301 e. The molecule has 0 aromatic rings. The molecule has 0 bridgehead atoms. The summed E-state index contributed by atoms with van der Waals surface area (Å²) in [6.45, 7) is 9.38. The summed E-state index contributed by atoms with van der Waals surface area (Å²) in [5.74, 6) is 0. The van der Waals surface area contributed by atoms with Gasteiger partial charge in [-0.1, -0.05) is 15.9 Å². The fourth-order valence-corrected chi connectivity index (χ4v) is 3.89. The molecule has 0 N–H and O–H groups in total. The van der Waals surface area contributed by atoms with Gasteiger partial charge in [0.2, 0.25) is 10.0 Å². The highest BCUT2D eigenvalue weighted by Crippen LogP contribution is 2.21. The molecular formula is C11H23BrN2O2S. The monoisotopic (exact) mass is 326 g/mol. The van der Waals surface area contributed by atoms with Crippen molar-refractivity contribution in [3.05, 3.63) is 0 Å². The first-order valence-corrected chi connectivity index (χ1v) is 8.63. The first-order valence-electron chi connectivity index (χ1n) is 6.07. The van der Waals surface area contributed by atoms with E-state index in [1.54, 1.807) is 25.1 Å². The maximum atomic E-state index is 12.3. The van der Waals surface area contributed by atoms with Crippen LogP contribution in [0.4, 0.5) is 0 Å². The van der Waals surface area contributed by atoms with E-state index < -0.39 is 14.8 Å². The molecule has 0 atom stereocenters. The predicted octanol–water partition coefficient (Wildman–Crippen LogP) is 1.52. The van der Waals surface area contributed by atoms with E-state index in [9.17, 15) is 8.42 Å². The fourth-order valence-electron chi connectivity index (χ4n) is 1.92. The minimum absolute atomic E-state index is 0.618. The van der Waals surface area contributed by atoms with Gasteiger partial charge in [-0.25, -0.2) is 12.7 Å². The van der Waals surface area contributed by atoms with Crippen molar-refractivity contribution in [1.82, 2.24) is 9.21 Å². The van der Waals surface area contributed by atoms with Crippen molar-refractivity contribution in [2.75, 3.05) is 38.1 Å². The zero-order chi connectivity index (χ0) is 13.1. The SMILES string of the molecule is CC(C)(C)S(=O)(=O)N1CCCN(CCBr)CC1. The van der Waals surface area contributed by atoms with E-state index >= 15 is 0 Å². The summed E-state index contributed by atoms with van der Waals surface area (Å²) in [6, 6.07) is 0. The van der Waals surface area contributed by atoms with Crippen molar-refractivity contribution < 1.29 is 8.42 Å².